The number of carboxylic acids is 1. The van der Waals surface area contributed by atoms with E-state index in [1.54, 1.807) is 0 Å². The van der Waals surface area contributed by atoms with Crippen molar-refractivity contribution in [3.63, 3.8) is 0 Å². The molecule has 1 unspecified atom stereocenters. The fraction of sp³-hybridized carbons (Fsp3) is 0.312. The second kappa shape index (κ2) is 6.75. The van der Waals surface area contributed by atoms with Crippen LogP contribution in [0.25, 0.3) is 10.8 Å². The molecule has 20 heavy (non-hydrogen) atoms. The molecule has 0 bridgehead atoms. The maximum atomic E-state index is 11.2. The van der Waals surface area contributed by atoms with E-state index >= 15 is 0 Å². The normalized spacial score (nSPS) is 12.3. The Kier molecular flexibility index (Phi) is 5.01. The lowest BCUT2D eigenvalue weighted by molar-refractivity contribution is -0.145. The first-order valence-electron chi connectivity index (χ1n) is 6.69. The first-order valence-corrected chi connectivity index (χ1v) is 7.48. The summed E-state index contributed by atoms with van der Waals surface area (Å²) >= 11 is 3.43. The molecule has 0 spiro atoms. The van der Waals surface area contributed by atoms with Crippen LogP contribution >= 0.6 is 15.9 Å². The Hall–Kier alpha value is -1.55. The van der Waals surface area contributed by atoms with Gasteiger partial charge in [-0.1, -0.05) is 41.4 Å². The van der Waals surface area contributed by atoms with Gasteiger partial charge in [-0.3, -0.25) is 0 Å². The van der Waals surface area contributed by atoms with Crippen molar-refractivity contribution in [2.45, 2.75) is 32.3 Å². The number of carbonyl (C=O) groups is 1. The number of rotatable bonds is 6. The lowest BCUT2D eigenvalue weighted by Crippen LogP contribution is -2.26. The SMILES string of the molecule is CCCCC(Oc1ccc2cc(Br)ccc2c1)C(=O)O. The van der Waals surface area contributed by atoms with Gasteiger partial charge in [-0.2, -0.15) is 0 Å². The first kappa shape index (κ1) is 14.9. The molecule has 0 aromatic heterocycles. The third kappa shape index (κ3) is 3.73. The predicted octanol–water partition coefficient (Wildman–Crippen LogP) is 4.62. The molecule has 0 amide bonds. The molecule has 0 fully saturated rings. The maximum Gasteiger partial charge on any atom is 0.344 e. The minimum absolute atomic E-state index is 0.532. The molecule has 0 saturated carbocycles. The highest BCUT2D eigenvalue weighted by Gasteiger charge is 2.18. The zero-order valence-corrected chi connectivity index (χ0v) is 12.9. The van der Waals surface area contributed by atoms with Crippen LogP contribution in [0.1, 0.15) is 26.2 Å². The van der Waals surface area contributed by atoms with Gasteiger partial charge in [0.05, 0.1) is 0 Å². The summed E-state index contributed by atoms with van der Waals surface area (Å²) in [6, 6.07) is 11.6. The van der Waals surface area contributed by atoms with Crippen LogP contribution in [0, 0.1) is 0 Å². The predicted molar refractivity (Wildman–Crippen MR) is 83.2 cm³/mol. The monoisotopic (exact) mass is 336 g/mol. The molecule has 0 aliphatic carbocycles. The molecule has 106 valence electrons. The van der Waals surface area contributed by atoms with E-state index in [9.17, 15) is 9.90 Å². The van der Waals surface area contributed by atoms with E-state index in [-0.39, 0.29) is 0 Å². The van der Waals surface area contributed by atoms with E-state index < -0.39 is 12.1 Å². The summed E-state index contributed by atoms with van der Waals surface area (Å²) in [6.07, 6.45) is 1.56. The zero-order valence-electron chi connectivity index (χ0n) is 11.3. The average Bonchev–Trinajstić information content (AvgIpc) is 2.43. The van der Waals surface area contributed by atoms with Gasteiger partial charge in [-0.15, -0.1) is 0 Å². The largest absolute Gasteiger partial charge is 0.479 e. The maximum absolute atomic E-state index is 11.2. The highest BCUT2D eigenvalue weighted by atomic mass is 79.9. The molecule has 2 aromatic rings. The minimum atomic E-state index is -0.908. The standard InChI is InChI=1S/C16H17BrO3/c1-2-3-4-15(16(18)19)20-14-8-6-11-9-13(17)7-5-12(11)10-14/h5-10,15H,2-4H2,1H3,(H,18,19). The van der Waals surface area contributed by atoms with E-state index in [4.69, 9.17) is 4.74 Å². The van der Waals surface area contributed by atoms with Gasteiger partial charge in [0.1, 0.15) is 5.75 Å². The second-order valence-electron chi connectivity index (χ2n) is 4.74. The quantitative estimate of drug-likeness (QED) is 0.836. The highest BCUT2D eigenvalue weighted by Crippen LogP contribution is 2.25. The zero-order chi connectivity index (χ0) is 14.5. The Balaban J connectivity index is 2.19. The fourth-order valence-corrected chi connectivity index (χ4v) is 2.43. The van der Waals surface area contributed by atoms with Gasteiger partial charge in [-0.25, -0.2) is 4.79 Å². The second-order valence-corrected chi connectivity index (χ2v) is 5.66. The van der Waals surface area contributed by atoms with Crippen molar-refractivity contribution in [2.75, 3.05) is 0 Å². The molecule has 3 nitrogen and oxygen atoms in total. The molecule has 0 radical (unpaired) electrons. The minimum Gasteiger partial charge on any atom is -0.479 e. The smallest absolute Gasteiger partial charge is 0.344 e. The van der Waals surface area contributed by atoms with Crippen LogP contribution in [0.5, 0.6) is 5.75 Å². The van der Waals surface area contributed by atoms with Crippen LogP contribution in [0.4, 0.5) is 0 Å². The topological polar surface area (TPSA) is 46.5 Å². The highest BCUT2D eigenvalue weighted by molar-refractivity contribution is 9.10. The fourth-order valence-electron chi connectivity index (χ4n) is 2.05. The van der Waals surface area contributed by atoms with Crippen LogP contribution in [0.3, 0.4) is 0 Å². The molecule has 0 aliphatic heterocycles. The lowest BCUT2D eigenvalue weighted by atomic mass is 10.1. The van der Waals surface area contributed by atoms with Gasteiger partial charge in [0.25, 0.3) is 0 Å². The van der Waals surface area contributed by atoms with Crippen LogP contribution in [-0.2, 0) is 4.79 Å². The van der Waals surface area contributed by atoms with Crippen molar-refractivity contribution in [1.82, 2.24) is 0 Å². The molecule has 2 aromatic carbocycles. The summed E-state index contributed by atoms with van der Waals surface area (Å²) in [4.78, 5) is 11.2. The molecular weight excluding hydrogens is 320 g/mol. The third-order valence-corrected chi connectivity index (χ3v) is 3.64. The van der Waals surface area contributed by atoms with Gasteiger partial charge >= 0.3 is 5.97 Å². The van der Waals surface area contributed by atoms with Crippen LogP contribution in [0.15, 0.2) is 40.9 Å². The van der Waals surface area contributed by atoms with Gasteiger partial charge in [-0.05, 0) is 47.9 Å². The van der Waals surface area contributed by atoms with Crippen molar-refractivity contribution in [2.24, 2.45) is 0 Å². The van der Waals surface area contributed by atoms with Crippen LogP contribution in [0.2, 0.25) is 0 Å². The molecule has 1 atom stereocenters. The van der Waals surface area contributed by atoms with Crippen molar-refractivity contribution >= 4 is 32.7 Å². The van der Waals surface area contributed by atoms with Gasteiger partial charge < -0.3 is 9.84 Å². The number of benzene rings is 2. The van der Waals surface area contributed by atoms with E-state index in [1.165, 1.54) is 0 Å². The Morgan fingerprint density at radius 1 is 1.25 bits per heavy atom. The van der Waals surface area contributed by atoms with Gasteiger partial charge in [0.2, 0.25) is 0 Å². The van der Waals surface area contributed by atoms with E-state index in [1.807, 2.05) is 43.3 Å². The van der Waals surface area contributed by atoms with E-state index in [2.05, 4.69) is 15.9 Å². The van der Waals surface area contributed by atoms with E-state index in [0.29, 0.717) is 12.2 Å². The molecule has 4 heteroatoms. The number of fused-ring (bicyclic) bond motifs is 1. The molecule has 0 heterocycles. The summed E-state index contributed by atoms with van der Waals surface area (Å²) in [5.74, 6) is -0.308. The third-order valence-electron chi connectivity index (χ3n) is 3.15. The number of carboxylic acid groups (broad SMARTS) is 1. The number of hydrogen-bond acceptors (Lipinski definition) is 2. The summed E-state index contributed by atoms with van der Waals surface area (Å²) in [7, 11) is 0. The number of aliphatic carboxylic acids is 1. The number of halogens is 1. The van der Waals surface area contributed by atoms with Gasteiger partial charge in [0.15, 0.2) is 6.10 Å². The first-order chi connectivity index (χ1) is 9.60. The van der Waals surface area contributed by atoms with Crippen LogP contribution < -0.4 is 4.74 Å². The molecule has 0 saturated heterocycles. The molecule has 2 rings (SSSR count). The van der Waals surface area contributed by atoms with E-state index in [0.717, 1.165) is 28.1 Å². The summed E-state index contributed by atoms with van der Waals surface area (Å²) in [5, 5.41) is 11.3. The van der Waals surface area contributed by atoms with Crippen molar-refractivity contribution < 1.29 is 14.6 Å². The number of hydrogen-bond donors (Lipinski definition) is 1. The van der Waals surface area contributed by atoms with Crippen molar-refractivity contribution in [3.8, 4) is 5.75 Å². The van der Waals surface area contributed by atoms with Crippen molar-refractivity contribution in [1.29, 1.82) is 0 Å². The number of ether oxygens (including phenoxy) is 1. The average molecular weight is 337 g/mol. The Bertz CT molecular complexity index is 610. The Morgan fingerprint density at radius 2 is 1.95 bits per heavy atom. The van der Waals surface area contributed by atoms with Crippen molar-refractivity contribution in [3.05, 3.63) is 40.9 Å². The molecule has 0 aliphatic rings. The summed E-state index contributed by atoms with van der Waals surface area (Å²) < 4.78 is 6.62. The number of unbranched alkanes of at least 4 members (excludes halogenated alkanes) is 1. The van der Waals surface area contributed by atoms with Gasteiger partial charge in [0, 0.05) is 4.47 Å². The molecular formula is C16H17BrO3. The Labute approximate surface area is 126 Å². The summed E-state index contributed by atoms with van der Waals surface area (Å²) in [6.45, 7) is 2.03. The Morgan fingerprint density at radius 3 is 2.65 bits per heavy atom. The van der Waals surface area contributed by atoms with Crippen LogP contribution in [-0.4, -0.2) is 17.2 Å². The molecule has 1 N–H and O–H groups in total. The summed E-state index contributed by atoms with van der Waals surface area (Å²) in [5.41, 5.74) is 0. The lowest BCUT2D eigenvalue weighted by Gasteiger charge is -2.15.